The third-order valence-corrected chi connectivity index (χ3v) is 2.40. The van der Waals surface area contributed by atoms with Gasteiger partial charge < -0.3 is 15.3 Å². The molecule has 0 bridgehead atoms. The summed E-state index contributed by atoms with van der Waals surface area (Å²) in [5.41, 5.74) is -0.126. The fourth-order valence-corrected chi connectivity index (χ4v) is 1.62. The predicted octanol–water partition coefficient (Wildman–Crippen LogP) is 1.03. The number of rotatable bonds is 5. The molecule has 1 aromatic carbocycles. The Labute approximate surface area is 104 Å². The average Bonchev–Trinajstić information content (AvgIpc) is 2.27. The summed E-state index contributed by atoms with van der Waals surface area (Å²) in [6.07, 6.45) is 0. The summed E-state index contributed by atoms with van der Waals surface area (Å²) in [6.45, 7) is 1.64. The lowest BCUT2D eigenvalue weighted by molar-refractivity contribution is -0.119. The second-order valence-electron chi connectivity index (χ2n) is 3.88. The van der Waals surface area contributed by atoms with Crippen LogP contribution in [0.2, 0.25) is 0 Å². The number of nitrogens with one attached hydrogen (secondary N) is 1. The van der Waals surface area contributed by atoms with Gasteiger partial charge in [-0.15, -0.1) is 0 Å². The van der Waals surface area contributed by atoms with Crippen LogP contribution in [0.4, 0.5) is 14.5 Å². The molecule has 0 radical (unpaired) electrons. The molecule has 0 spiro atoms. The summed E-state index contributed by atoms with van der Waals surface area (Å²) in [7, 11) is 1.43. The maximum Gasteiger partial charge on any atom is 0.239 e. The van der Waals surface area contributed by atoms with E-state index in [4.69, 9.17) is 5.11 Å². The van der Waals surface area contributed by atoms with Crippen molar-refractivity contribution in [2.45, 2.75) is 13.5 Å². The van der Waals surface area contributed by atoms with E-state index in [2.05, 4.69) is 5.32 Å². The molecule has 100 valence electrons. The van der Waals surface area contributed by atoms with Gasteiger partial charge in [-0.05, 0) is 24.6 Å². The third kappa shape index (κ3) is 3.40. The summed E-state index contributed by atoms with van der Waals surface area (Å²) < 4.78 is 27.3. The Morgan fingerprint density at radius 2 is 1.94 bits per heavy atom. The number of carbonyl (C=O) groups excluding carboxylic acids is 1. The first kappa shape index (κ1) is 14.4. The summed E-state index contributed by atoms with van der Waals surface area (Å²) in [5.74, 6) is -1.92. The summed E-state index contributed by atoms with van der Waals surface area (Å²) in [4.78, 5) is 12.5. The Morgan fingerprint density at radius 1 is 1.39 bits per heavy atom. The average molecular weight is 258 g/mol. The molecule has 0 fully saturated rings. The van der Waals surface area contributed by atoms with Crippen molar-refractivity contribution in [2.24, 2.45) is 0 Å². The number of carbonyl (C=O) groups is 1. The van der Waals surface area contributed by atoms with Crippen molar-refractivity contribution in [3.8, 4) is 0 Å². The Bertz CT molecular complexity index is 415. The normalized spacial score (nSPS) is 10.3. The van der Waals surface area contributed by atoms with Crippen LogP contribution in [0.15, 0.2) is 12.1 Å². The standard InChI is InChI=1S/C12H16F2N2O2/c1-3-15-11(18)6-16(2)12-9(13)4-8(7-17)5-10(12)14/h4-5,17H,3,6-7H2,1-2H3,(H,15,18). The predicted molar refractivity (Wildman–Crippen MR) is 64.2 cm³/mol. The molecule has 1 rings (SSSR count). The van der Waals surface area contributed by atoms with Gasteiger partial charge in [-0.3, -0.25) is 4.79 Å². The Hall–Kier alpha value is -1.69. The van der Waals surface area contributed by atoms with Gasteiger partial charge in [-0.2, -0.15) is 0 Å². The highest BCUT2D eigenvalue weighted by molar-refractivity contribution is 5.81. The summed E-state index contributed by atoms with van der Waals surface area (Å²) in [6, 6.07) is 2.10. The molecule has 1 aromatic rings. The van der Waals surface area contributed by atoms with Crippen LogP contribution in [-0.4, -0.2) is 31.2 Å². The van der Waals surface area contributed by atoms with E-state index in [9.17, 15) is 13.6 Å². The number of anilines is 1. The van der Waals surface area contributed by atoms with Crippen LogP contribution in [0.5, 0.6) is 0 Å². The molecule has 0 atom stereocenters. The van der Waals surface area contributed by atoms with Crippen LogP contribution in [0.3, 0.4) is 0 Å². The molecule has 0 unspecified atom stereocenters. The molecule has 1 amide bonds. The molecule has 18 heavy (non-hydrogen) atoms. The molecular weight excluding hydrogens is 242 g/mol. The second-order valence-corrected chi connectivity index (χ2v) is 3.88. The molecule has 4 nitrogen and oxygen atoms in total. The summed E-state index contributed by atoms with van der Waals surface area (Å²) >= 11 is 0. The Morgan fingerprint density at radius 3 is 2.39 bits per heavy atom. The largest absolute Gasteiger partial charge is 0.392 e. The van der Waals surface area contributed by atoms with Crippen LogP contribution in [0, 0.1) is 11.6 Å². The topological polar surface area (TPSA) is 52.6 Å². The fourth-order valence-electron chi connectivity index (χ4n) is 1.62. The quantitative estimate of drug-likeness (QED) is 0.829. The maximum atomic E-state index is 13.7. The number of amides is 1. The number of hydrogen-bond acceptors (Lipinski definition) is 3. The van der Waals surface area contributed by atoms with Crippen LogP contribution in [0.1, 0.15) is 12.5 Å². The first-order valence-corrected chi connectivity index (χ1v) is 5.56. The van der Waals surface area contributed by atoms with Crippen molar-refractivity contribution in [3.63, 3.8) is 0 Å². The van der Waals surface area contributed by atoms with Crippen molar-refractivity contribution in [1.29, 1.82) is 0 Å². The van der Waals surface area contributed by atoms with Crippen LogP contribution in [-0.2, 0) is 11.4 Å². The van der Waals surface area contributed by atoms with E-state index in [1.807, 2.05) is 0 Å². The first-order valence-electron chi connectivity index (χ1n) is 5.56. The zero-order chi connectivity index (χ0) is 13.7. The number of aliphatic hydroxyl groups excluding tert-OH is 1. The van der Waals surface area contributed by atoms with Gasteiger partial charge in [0, 0.05) is 13.6 Å². The van der Waals surface area contributed by atoms with Gasteiger partial charge >= 0.3 is 0 Å². The number of benzene rings is 1. The number of hydrogen-bond donors (Lipinski definition) is 2. The van der Waals surface area contributed by atoms with Gasteiger partial charge in [0.1, 0.15) is 17.3 Å². The molecule has 0 aliphatic rings. The number of halogens is 2. The molecule has 0 saturated heterocycles. The highest BCUT2D eigenvalue weighted by atomic mass is 19.1. The molecule has 0 heterocycles. The number of nitrogens with zero attached hydrogens (tertiary/aromatic N) is 1. The van der Waals surface area contributed by atoms with E-state index in [0.29, 0.717) is 6.54 Å². The molecule has 0 saturated carbocycles. The lowest BCUT2D eigenvalue weighted by Gasteiger charge is -2.20. The third-order valence-electron chi connectivity index (χ3n) is 2.40. The minimum absolute atomic E-state index is 0.139. The Balaban J connectivity index is 2.92. The van der Waals surface area contributed by atoms with Gasteiger partial charge in [0.2, 0.25) is 5.91 Å². The van der Waals surface area contributed by atoms with Crippen molar-refractivity contribution in [3.05, 3.63) is 29.3 Å². The second kappa shape index (κ2) is 6.30. The van der Waals surface area contributed by atoms with E-state index in [0.717, 1.165) is 12.1 Å². The minimum atomic E-state index is -0.800. The van der Waals surface area contributed by atoms with E-state index < -0.39 is 18.2 Å². The molecule has 0 aliphatic carbocycles. The molecular formula is C12H16F2N2O2. The van der Waals surface area contributed by atoms with E-state index in [1.165, 1.54) is 11.9 Å². The minimum Gasteiger partial charge on any atom is -0.392 e. The zero-order valence-electron chi connectivity index (χ0n) is 10.3. The molecule has 0 aromatic heterocycles. The van der Waals surface area contributed by atoms with E-state index >= 15 is 0 Å². The Kier molecular flexibility index (Phi) is 5.03. The van der Waals surface area contributed by atoms with Crippen LogP contribution in [0.25, 0.3) is 0 Å². The van der Waals surface area contributed by atoms with Gasteiger partial charge in [-0.1, -0.05) is 0 Å². The molecule has 0 aliphatic heterocycles. The summed E-state index contributed by atoms with van der Waals surface area (Å²) in [5, 5.41) is 11.4. The molecule has 2 N–H and O–H groups in total. The lowest BCUT2D eigenvalue weighted by Crippen LogP contribution is -2.35. The molecule has 6 heteroatoms. The van der Waals surface area contributed by atoms with Crippen molar-refractivity contribution in [2.75, 3.05) is 25.0 Å². The van der Waals surface area contributed by atoms with Gasteiger partial charge in [0.25, 0.3) is 0 Å². The maximum absolute atomic E-state index is 13.7. The fraction of sp³-hybridized carbons (Fsp3) is 0.417. The van der Waals surface area contributed by atoms with E-state index in [-0.39, 0.29) is 23.7 Å². The first-order chi connectivity index (χ1) is 8.49. The van der Waals surface area contributed by atoms with Gasteiger partial charge in [0.05, 0.1) is 13.2 Å². The van der Waals surface area contributed by atoms with E-state index in [1.54, 1.807) is 6.92 Å². The zero-order valence-corrected chi connectivity index (χ0v) is 10.3. The van der Waals surface area contributed by atoms with Crippen molar-refractivity contribution in [1.82, 2.24) is 5.32 Å². The monoisotopic (exact) mass is 258 g/mol. The highest BCUT2D eigenvalue weighted by Crippen LogP contribution is 2.23. The smallest absolute Gasteiger partial charge is 0.239 e. The highest BCUT2D eigenvalue weighted by Gasteiger charge is 2.17. The SMILES string of the molecule is CCNC(=O)CN(C)c1c(F)cc(CO)cc1F. The van der Waals surface area contributed by atoms with Crippen LogP contribution >= 0.6 is 0 Å². The lowest BCUT2D eigenvalue weighted by atomic mass is 10.2. The van der Waals surface area contributed by atoms with Crippen LogP contribution < -0.4 is 10.2 Å². The van der Waals surface area contributed by atoms with Gasteiger partial charge in [0.15, 0.2) is 0 Å². The van der Waals surface area contributed by atoms with Crippen molar-refractivity contribution < 1.29 is 18.7 Å². The van der Waals surface area contributed by atoms with Crippen molar-refractivity contribution >= 4 is 11.6 Å². The van der Waals surface area contributed by atoms with Gasteiger partial charge in [-0.25, -0.2) is 8.78 Å². The number of likely N-dealkylation sites (N-methyl/N-ethyl adjacent to an activating group) is 2. The number of aliphatic hydroxyl groups is 1.